The Bertz CT molecular complexity index is 301. The number of aliphatic hydroxyl groups excluding tert-OH is 1. The first-order chi connectivity index (χ1) is 9.13. The monoisotopic (exact) mass is 285 g/mol. The van der Waals surface area contributed by atoms with Crippen molar-refractivity contribution in [3.63, 3.8) is 0 Å². The average Bonchev–Trinajstić information content (AvgIpc) is 2.37. The molecule has 0 spiro atoms. The molecule has 0 aliphatic heterocycles. The van der Waals surface area contributed by atoms with E-state index < -0.39 is 0 Å². The van der Waals surface area contributed by atoms with Crippen molar-refractivity contribution in [1.82, 2.24) is 4.90 Å². The van der Waals surface area contributed by atoms with Crippen LogP contribution in [0.2, 0.25) is 0 Å². The minimum absolute atomic E-state index is 0.141. The van der Waals surface area contributed by atoms with Crippen molar-refractivity contribution in [3.8, 4) is 0 Å². The summed E-state index contributed by atoms with van der Waals surface area (Å²) in [6, 6.07) is 0.447. The standard InChI is InChI=1S/C17H35NO2/c1-8-16(2,3)14-10-9-13(19)11-15(14)18(6)12-17(4,5)20-7/h13-15,19H,8-12H2,1-7H3. The van der Waals surface area contributed by atoms with Crippen LogP contribution in [-0.2, 0) is 4.74 Å². The molecule has 0 aromatic rings. The van der Waals surface area contributed by atoms with Crippen LogP contribution >= 0.6 is 0 Å². The van der Waals surface area contributed by atoms with Gasteiger partial charge in [-0.2, -0.15) is 0 Å². The third-order valence-electron chi connectivity index (χ3n) is 5.45. The van der Waals surface area contributed by atoms with Gasteiger partial charge in [-0.05, 0) is 51.5 Å². The van der Waals surface area contributed by atoms with Crippen LogP contribution in [0.5, 0.6) is 0 Å². The summed E-state index contributed by atoms with van der Waals surface area (Å²) in [6.07, 6.45) is 4.02. The van der Waals surface area contributed by atoms with Gasteiger partial charge < -0.3 is 14.7 Å². The molecule has 3 atom stereocenters. The number of methoxy groups -OCH3 is 1. The Morgan fingerprint density at radius 3 is 2.30 bits per heavy atom. The van der Waals surface area contributed by atoms with Gasteiger partial charge in [0.1, 0.15) is 0 Å². The van der Waals surface area contributed by atoms with Gasteiger partial charge in [0.25, 0.3) is 0 Å². The first-order valence-electron chi connectivity index (χ1n) is 8.06. The highest BCUT2D eigenvalue weighted by Crippen LogP contribution is 2.42. The first kappa shape index (κ1) is 17.9. The summed E-state index contributed by atoms with van der Waals surface area (Å²) < 4.78 is 5.57. The Morgan fingerprint density at radius 2 is 1.80 bits per heavy atom. The third kappa shape index (κ3) is 4.44. The molecule has 1 fully saturated rings. The number of nitrogens with zero attached hydrogens (tertiary/aromatic N) is 1. The van der Waals surface area contributed by atoms with E-state index in [-0.39, 0.29) is 11.7 Å². The van der Waals surface area contributed by atoms with Gasteiger partial charge in [-0.15, -0.1) is 0 Å². The second-order valence-corrected chi connectivity index (χ2v) is 7.86. The number of ether oxygens (including phenoxy) is 1. The van der Waals surface area contributed by atoms with Gasteiger partial charge in [0.2, 0.25) is 0 Å². The van der Waals surface area contributed by atoms with E-state index in [1.807, 2.05) is 0 Å². The predicted octanol–water partition coefficient (Wildman–Crippen LogP) is 3.31. The van der Waals surface area contributed by atoms with Crippen molar-refractivity contribution in [3.05, 3.63) is 0 Å². The van der Waals surface area contributed by atoms with Crippen LogP contribution in [-0.4, -0.2) is 48.5 Å². The van der Waals surface area contributed by atoms with Crippen LogP contribution in [0.4, 0.5) is 0 Å². The smallest absolute Gasteiger partial charge is 0.0749 e. The number of rotatable bonds is 6. The molecule has 0 heterocycles. The lowest BCUT2D eigenvalue weighted by molar-refractivity contribution is -0.0528. The van der Waals surface area contributed by atoms with Gasteiger partial charge in [-0.25, -0.2) is 0 Å². The number of likely N-dealkylation sites (N-methyl/N-ethyl adjacent to an activating group) is 1. The SMILES string of the molecule is CCC(C)(C)C1CCC(O)CC1N(C)CC(C)(C)OC. The first-order valence-corrected chi connectivity index (χ1v) is 8.06. The Labute approximate surface area is 125 Å². The van der Waals surface area contributed by atoms with E-state index >= 15 is 0 Å². The van der Waals surface area contributed by atoms with Crippen molar-refractivity contribution in [2.75, 3.05) is 20.7 Å². The summed E-state index contributed by atoms with van der Waals surface area (Å²) in [5.41, 5.74) is 0.189. The van der Waals surface area contributed by atoms with Crippen molar-refractivity contribution >= 4 is 0 Å². The van der Waals surface area contributed by atoms with Crippen molar-refractivity contribution in [1.29, 1.82) is 0 Å². The quantitative estimate of drug-likeness (QED) is 0.812. The molecule has 20 heavy (non-hydrogen) atoms. The summed E-state index contributed by atoms with van der Waals surface area (Å²) in [5, 5.41) is 10.1. The lowest BCUT2D eigenvalue weighted by Gasteiger charge is -2.48. The van der Waals surface area contributed by atoms with Gasteiger partial charge in [0, 0.05) is 19.7 Å². The van der Waals surface area contributed by atoms with Gasteiger partial charge in [0.05, 0.1) is 11.7 Å². The molecule has 1 aliphatic carbocycles. The molecule has 1 N–H and O–H groups in total. The van der Waals surface area contributed by atoms with Gasteiger partial charge in [-0.3, -0.25) is 0 Å². The summed E-state index contributed by atoms with van der Waals surface area (Å²) in [4.78, 5) is 2.41. The van der Waals surface area contributed by atoms with Crippen molar-refractivity contribution < 1.29 is 9.84 Å². The van der Waals surface area contributed by atoms with Crippen molar-refractivity contribution in [2.24, 2.45) is 11.3 Å². The Kier molecular flexibility index (Phi) is 6.06. The van der Waals surface area contributed by atoms with E-state index in [0.717, 1.165) is 25.8 Å². The van der Waals surface area contributed by atoms with Crippen LogP contribution in [0.25, 0.3) is 0 Å². The summed E-state index contributed by atoms with van der Waals surface area (Å²) in [5.74, 6) is 0.647. The van der Waals surface area contributed by atoms with Crippen LogP contribution in [0, 0.1) is 11.3 Å². The maximum Gasteiger partial charge on any atom is 0.0749 e. The molecule has 1 rings (SSSR count). The van der Waals surface area contributed by atoms with E-state index in [4.69, 9.17) is 4.74 Å². The topological polar surface area (TPSA) is 32.7 Å². The molecule has 0 saturated heterocycles. The van der Waals surface area contributed by atoms with E-state index in [1.54, 1.807) is 7.11 Å². The molecular weight excluding hydrogens is 250 g/mol. The largest absolute Gasteiger partial charge is 0.393 e. The molecule has 0 amide bonds. The predicted molar refractivity (Wildman–Crippen MR) is 84.9 cm³/mol. The highest BCUT2D eigenvalue weighted by Gasteiger charge is 2.41. The maximum atomic E-state index is 10.1. The molecule has 3 nitrogen and oxygen atoms in total. The lowest BCUT2D eigenvalue weighted by atomic mass is 9.66. The molecule has 1 aliphatic rings. The summed E-state index contributed by atoms with van der Waals surface area (Å²) in [6.45, 7) is 12.2. The maximum absolute atomic E-state index is 10.1. The van der Waals surface area contributed by atoms with Crippen LogP contribution in [0.15, 0.2) is 0 Å². The highest BCUT2D eigenvalue weighted by molar-refractivity contribution is 4.94. The Balaban J connectivity index is 2.85. The van der Waals surface area contributed by atoms with Gasteiger partial charge in [0.15, 0.2) is 0 Å². The van der Waals surface area contributed by atoms with Crippen LogP contribution < -0.4 is 0 Å². The van der Waals surface area contributed by atoms with Crippen LogP contribution in [0.3, 0.4) is 0 Å². The zero-order valence-corrected chi connectivity index (χ0v) is 14.6. The number of hydrogen-bond donors (Lipinski definition) is 1. The lowest BCUT2D eigenvalue weighted by Crippen LogP contribution is -2.52. The highest BCUT2D eigenvalue weighted by atomic mass is 16.5. The van der Waals surface area contributed by atoms with E-state index in [9.17, 15) is 5.11 Å². The van der Waals surface area contributed by atoms with E-state index in [2.05, 4.69) is 46.6 Å². The molecule has 0 aromatic heterocycles. The van der Waals surface area contributed by atoms with E-state index in [1.165, 1.54) is 6.42 Å². The molecule has 3 heteroatoms. The summed E-state index contributed by atoms with van der Waals surface area (Å²) >= 11 is 0. The fourth-order valence-corrected chi connectivity index (χ4v) is 3.57. The Hall–Kier alpha value is -0.120. The Morgan fingerprint density at radius 1 is 1.20 bits per heavy atom. The fourth-order valence-electron chi connectivity index (χ4n) is 3.57. The molecule has 1 saturated carbocycles. The molecule has 0 aromatic carbocycles. The zero-order chi connectivity index (χ0) is 15.6. The van der Waals surface area contributed by atoms with Crippen molar-refractivity contribution in [2.45, 2.75) is 78.0 Å². The zero-order valence-electron chi connectivity index (χ0n) is 14.6. The van der Waals surface area contributed by atoms with Gasteiger partial charge in [-0.1, -0.05) is 27.2 Å². The molecule has 0 radical (unpaired) electrons. The number of aliphatic hydroxyl groups is 1. The fraction of sp³-hybridized carbons (Fsp3) is 1.00. The second kappa shape index (κ2) is 6.76. The minimum atomic E-state index is -0.142. The minimum Gasteiger partial charge on any atom is -0.393 e. The second-order valence-electron chi connectivity index (χ2n) is 7.86. The van der Waals surface area contributed by atoms with Crippen LogP contribution in [0.1, 0.15) is 60.3 Å². The molecule has 3 unspecified atom stereocenters. The van der Waals surface area contributed by atoms with Gasteiger partial charge >= 0.3 is 0 Å². The van der Waals surface area contributed by atoms with E-state index in [0.29, 0.717) is 17.4 Å². The molecule has 0 bridgehead atoms. The number of hydrogen-bond acceptors (Lipinski definition) is 3. The summed E-state index contributed by atoms with van der Waals surface area (Å²) in [7, 11) is 3.96. The normalized spacial score (nSPS) is 28.9. The molecular formula is C17H35NO2. The molecule has 120 valence electrons. The average molecular weight is 285 g/mol. The third-order valence-corrected chi connectivity index (χ3v) is 5.45.